The van der Waals surface area contributed by atoms with Gasteiger partial charge in [0.1, 0.15) is 11.5 Å². The molecular formula is C13H20N4O2. The lowest BCUT2D eigenvalue weighted by Gasteiger charge is -2.08. The van der Waals surface area contributed by atoms with E-state index >= 15 is 0 Å². The van der Waals surface area contributed by atoms with Gasteiger partial charge in [-0.3, -0.25) is 0 Å². The number of aromatic nitrogens is 3. The molecule has 0 saturated carbocycles. The molecule has 0 fully saturated rings. The zero-order valence-corrected chi connectivity index (χ0v) is 11.4. The van der Waals surface area contributed by atoms with Gasteiger partial charge in [-0.15, -0.1) is 0 Å². The minimum absolute atomic E-state index is 0.611. The molecule has 2 aromatic rings. The molecule has 104 valence electrons. The molecule has 19 heavy (non-hydrogen) atoms. The summed E-state index contributed by atoms with van der Waals surface area (Å²) in [5.74, 6) is 1.66. The number of imidazole rings is 1. The maximum Gasteiger partial charge on any atom is 0.203 e. The first kappa shape index (κ1) is 13.6. The number of aryl methyl sites for hydroxylation is 2. The maximum atomic E-state index is 5.33. The SMILES string of the molecule is CCOCCCn1ccnc1NCc1cc(C)on1. The van der Waals surface area contributed by atoms with Gasteiger partial charge >= 0.3 is 0 Å². The van der Waals surface area contributed by atoms with Crippen molar-refractivity contribution in [3.63, 3.8) is 0 Å². The van der Waals surface area contributed by atoms with Gasteiger partial charge in [-0.1, -0.05) is 5.16 Å². The van der Waals surface area contributed by atoms with Crippen LogP contribution in [-0.4, -0.2) is 27.9 Å². The Labute approximate surface area is 112 Å². The fourth-order valence-corrected chi connectivity index (χ4v) is 1.81. The van der Waals surface area contributed by atoms with Crippen molar-refractivity contribution in [2.75, 3.05) is 18.5 Å². The van der Waals surface area contributed by atoms with Crippen LogP contribution in [0.1, 0.15) is 24.8 Å². The van der Waals surface area contributed by atoms with Gasteiger partial charge in [0.2, 0.25) is 5.95 Å². The Morgan fingerprint density at radius 3 is 3.11 bits per heavy atom. The van der Waals surface area contributed by atoms with Gasteiger partial charge in [0, 0.05) is 38.2 Å². The lowest BCUT2D eigenvalue weighted by molar-refractivity contribution is 0.142. The smallest absolute Gasteiger partial charge is 0.203 e. The van der Waals surface area contributed by atoms with Crippen molar-refractivity contribution in [3.05, 3.63) is 29.9 Å². The molecule has 0 atom stereocenters. The molecule has 2 aromatic heterocycles. The Morgan fingerprint density at radius 2 is 2.37 bits per heavy atom. The minimum atomic E-state index is 0.611. The van der Waals surface area contributed by atoms with E-state index in [-0.39, 0.29) is 0 Å². The van der Waals surface area contributed by atoms with E-state index in [9.17, 15) is 0 Å². The number of ether oxygens (including phenoxy) is 1. The van der Waals surface area contributed by atoms with E-state index in [0.29, 0.717) is 6.54 Å². The van der Waals surface area contributed by atoms with Crippen LogP contribution >= 0.6 is 0 Å². The van der Waals surface area contributed by atoms with Crippen molar-refractivity contribution in [2.24, 2.45) is 0 Å². The first-order valence-electron chi connectivity index (χ1n) is 6.54. The van der Waals surface area contributed by atoms with E-state index in [4.69, 9.17) is 9.26 Å². The highest BCUT2D eigenvalue weighted by Gasteiger charge is 2.04. The zero-order valence-electron chi connectivity index (χ0n) is 11.4. The van der Waals surface area contributed by atoms with Gasteiger partial charge < -0.3 is 19.1 Å². The van der Waals surface area contributed by atoms with Gasteiger partial charge in [-0.05, 0) is 20.3 Å². The lowest BCUT2D eigenvalue weighted by atomic mass is 10.4. The third-order valence-corrected chi connectivity index (χ3v) is 2.71. The van der Waals surface area contributed by atoms with Crippen LogP contribution in [0.4, 0.5) is 5.95 Å². The topological polar surface area (TPSA) is 65.1 Å². The summed E-state index contributed by atoms with van der Waals surface area (Å²) in [6.45, 7) is 6.92. The second-order valence-corrected chi connectivity index (χ2v) is 4.28. The Morgan fingerprint density at radius 1 is 1.47 bits per heavy atom. The third kappa shape index (κ3) is 4.10. The Kier molecular flexibility index (Phi) is 4.97. The second kappa shape index (κ2) is 6.94. The summed E-state index contributed by atoms with van der Waals surface area (Å²) < 4.78 is 12.4. The molecule has 0 unspecified atom stereocenters. The first-order chi connectivity index (χ1) is 9.29. The highest BCUT2D eigenvalue weighted by Crippen LogP contribution is 2.08. The molecule has 1 N–H and O–H groups in total. The van der Waals surface area contributed by atoms with Crippen LogP contribution < -0.4 is 5.32 Å². The molecule has 0 saturated heterocycles. The molecule has 2 heterocycles. The van der Waals surface area contributed by atoms with E-state index in [2.05, 4.69) is 20.0 Å². The summed E-state index contributed by atoms with van der Waals surface area (Å²) in [7, 11) is 0. The van der Waals surface area contributed by atoms with Crippen molar-refractivity contribution >= 4 is 5.95 Å². The second-order valence-electron chi connectivity index (χ2n) is 4.28. The van der Waals surface area contributed by atoms with E-state index < -0.39 is 0 Å². The molecule has 0 aliphatic rings. The number of anilines is 1. The molecule has 0 amide bonds. The fourth-order valence-electron chi connectivity index (χ4n) is 1.81. The van der Waals surface area contributed by atoms with E-state index in [1.165, 1.54) is 0 Å². The predicted octanol–water partition coefficient (Wildman–Crippen LogP) is 2.22. The summed E-state index contributed by atoms with van der Waals surface area (Å²) in [5, 5.41) is 7.19. The molecule has 0 aliphatic carbocycles. The molecule has 0 spiro atoms. The van der Waals surface area contributed by atoms with Crippen LogP contribution in [0.3, 0.4) is 0 Å². The number of hydrogen-bond acceptors (Lipinski definition) is 5. The number of nitrogens with one attached hydrogen (secondary N) is 1. The van der Waals surface area contributed by atoms with Gasteiger partial charge in [-0.25, -0.2) is 4.98 Å². The number of hydrogen-bond donors (Lipinski definition) is 1. The molecule has 2 rings (SSSR count). The van der Waals surface area contributed by atoms with Crippen LogP contribution in [0.2, 0.25) is 0 Å². The van der Waals surface area contributed by atoms with Gasteiger partial charge in [0.25, 0.3) is 0 Å². The zero-order chi connectivity index (χ0) is 13.5. The van der Waals surface area contributed by atoms with Crippen molar-refractivity contribution in [1.82, 2.24) is 14.7 Å². The molecule has 6 nitrogen and oxygen atoms in total. The monoisotopic (exact) mass is 264 g/mol. The van der Waals surface area contributed by atoms with Gasteiger partial charge in [-0.2, -0.15) is 0 Å². The van der Waals surface area contributed by atoms with Gasteiger partial charge in [0.15, 0.2) is 0 Å². The Hall–Kier alpha value is -1.82. The Bertz CT molecular complexity index is 492. The Balaban J connectivity index is 1.81. The highest BCUT2D eigenvalue weighted by molar-refractivity contribution is 5.27. The molecule has 0 bridgehead atoms. The van der Waals surface area contributed by atoms with Crippen molar-refractivity contribution < 1.29 is 9.26 Å². The first-order valence-corrected chi connectivity index (χ1v) is 6.54. The third-order valence-electron chi connectivity index (χ3n) is 2.71. The van der Waals surface area contributed by atoms with Gasteiger partial charge in [0.05, 0.1) is 6.54 Å². The lowest BCUT2D eigenvalue weighted by Crippen LogP contribution is -2.09. The molecule has 0 radical (unpaired) electrons. The number of nitrogens with zero attached hydrogens (tertiary/aromatic N) is 3. The quantitative estimate of drug-likeness (QED) is 0.741. The predicted molar refractivity (Wildman–Crippen MR) is 71.9 cm³/mol. The largest absolute Gasteiger partial charge is 0.382 e. The van der Waals surface area contributed by atoms with Crippen LogP contribution in [0.15, 0.2) is 23.0 Å². The average molecular weight is 264 g/mol. The fraction of sp³-hybridized carbons (Fsp3) is 0.538. The van der Waals surface area contributed by atoms with E-state index in [1.807, 2.05) is 26.1 Å². The van der Waals surface area contributed by atoms with Crippen LogP contribution in [0, 0.1) is 6.92 Å². The summed E-state index contributed by atoms with van der Waals surface area (Å²) in [6.07, 6.45) is 4.72. The van der Waals surface area contributed by atoms with Crippen LogP contribution in [0.5, 0.6) is 0 Å². The van der Waals surface area contributed by atoms with Crippen LogP contribution in [-0.2, 0) is 17.8 Å². The maximum absolute atomic E-state index is 5.33. The van der Waals surface area contributed by atoms with Crippen molar-refractivity contribution in [1.29, 1.82) is 0 Å². The van der Waals surface area contributed by atoms with Crippen LogP contribution in [0.25, 0.3) is 0 Å². The van der Waals surface area contributed by atoms with E-state index in [1.54, 1.807) is 6.20 Å². The highest BCUT2D eigenvalue weighted by atomic mass is 16.5. The van der Waals surface area contributed by atoms with E-state index in [0.717, 1.165) is 43.6 Å². The molecule has 6 heteroatoms. The number of rotatable bonds is 8. The summed E-state index contributed by atoms with van der Waals surface area (Å²) in [4.78, 5) is 4.29. The summed E-state index contributed by atoms with van der Waals surface area (Å²) >= 11 is 0. The molecular weight excluding hydrogens is 244 g/mol. The summed E-state index contributed by atoms with van der Waals surface area (Å²) in [6, 6.07) is 1.91. The average Bonchev–Trinajstić information content (AvgIpc) is 3.01. The standard InChI is InChI=1S/C13H20N4O2/c1-3-18-8-4-6-17-7-5-14-13(17)15-10-12-9-11(2)19-16-12/h5,7,9H,3-4,6,8,10H2,1-2H3,(H,14,15). The normalized spacial score (nSPS) is 10.8. The minimum Gasteiger partial charge on any atom is -0.382 e. The molecule has 0 aliphatic heterocycles. The molecule has 0 aromatic carbocycles. The van der Waals surface area contributed by atoms with Crippen molar-refractivity contribution in [3.8, 4) is 0 Å². The summed E-state index contributed by atoms with van der Waals surface area (Å²) in [5.41, 5.74) is 0.876. The van der Waals surface area contributed by atoms with Crippen molar-refractivity contribution in [2.45, 2.75) is 33.4 Å².